The molecule has 0 fully saturated rings. The molecule has 0 aromatic heterocycles. The van der Waals surface area contributed by atoms with Gasteiger partial charge in [-0.15, -0.1) is 0 Å². The molecule has 1 aliphatic heterocycles. The summed E-state index contributed by atoms with van der Waals surface area (Å²) in [5, 5.41) is 0.755. The van der Waals surface area contributed by atoms with Gasteiger partial charge in [-0.2, -0.15) is 0 Å². The number of halogens is 1. The van der Waals surface area contributed by atoms with E-state index in [1.165, 1.54) is 5.56 Å². The van der Waals surface area contributed by atoms with Gasteiger partial charge in [0.15, 0.2) is 0 Å². The minimum atomic E-state index is -0.00412. The molecule has 1 atom stereocenters. The molecule has 2 N–H and O–H groups in total. The first-order chi connectivity index (χ1) is 7.09. The van der Waals surface area contributed by atoms with Crippen molar-refractivity contribution in [3.8, 4) is 5.75 Å². The Morgan fingerprint density at radius 1 is 1.40 bits per heavy atom. The molecule has 0 saturated heterocycles. The van der Waals surface area contributed by atoms with Gasteiger partial charge in [0.1, 0.15) is 5.75 Å². The highest BCUT2D eigenvalue weighted by molar-refractivity contribution is 6.30. The van der Waals surface area contributed by atoms with Crippen molar-refractivity contribution in [3.05, 3.63) is 28.3 Å². The van der Waals surface area contributed by atoms with Crippen LogP contribution in [-0.4, -0.2) is 6.61 Å². The highest BCUT2D eigenvalue weighted by atomic mass is 35.5. The number of rotatable bonds is 2. The van der Waals surface area contributed by atoms with Gasteiger partial charge in [-0.3, -0.25) is 0 Å². The van der Waals surface area contributed by atoms with E-state index >= 15 is 0 Å². The summed E-state index contributed by atoms with van der Waals surface area (Å²) >= 11 is 6.07. The van der Waals surface area contributed by atoms with Crippen molar-refractivity contribution in [2.45, 2.75) is 26.3 Å². The van der Waals surface area contributed by atoms with Crippen LogP contribution in [0.15, 0.2) is 12.1 Å². The largest absolute Gasteiger partial charge is 0.493 e. The van der Waals surface area contributed by atoms with E-state index in [9.17, 15) is 0 Å². The molecule has 0 bridgehead atoms. The number of hydrogen-bond acceptors (Lipinski definition) is 2. The first-order valence-electron chi connectivity index (χ1n) is 5.30. The fraction of sp³-hybridized carbons (Fsp3) is 0.500. The van der Waals surface area contributed by atoms with Crippen molar-refractivity contribution in [2.24, 2.45) is 11.7 Å². The summed E-state index contributed by atoms with van der Waals surface area (Å²) in [6.45, 7) is 4.95. The van der Waals surface area contributed by atoms with Crippen LogP contribution in [0.4, 0.5) is 0 Å². The third-order valence-electron chi connectivity index (χ3n) is 2.85. The van der Waals surface area contributed by atoms with E-state index in [2.05, 4.69) is 13.8 Å². The molecule has 0 spiro atoms. The Morgan fingerprint density at radius 3 is 2.80 bits per heavy atom. The average Bonchev–Trinajstić information content (AvgIpc) is 2.62. The second-order valence-electron chi connectivity index (χ2n) is 4.35. The number of ether oxygens (including phenoxy) is 1. The fourth-order valence-electron chi connectivity index (χ4n) is 1.90. The molecule has 0 saturated carbocycles. The van der Waals surface area contributed by atoms with Crippen LogP contribution in [-0.2, 0) is 6.42 Å². The van der Waals surface area contributed by atoms with Crippen molar-refractivity contribution in [3.63, 3.8) is 0 Å². The predicted octanol–water partition coefficient (Wildman–Crippen LogP) is 2.93. The molecule has 0 amide bonds. The quantitative estimate of drug-likeness (QED) is 0.840. The highest BCUT2D eigenvalue weighted by Crippen LogP contribution is 2.37. The maximum Gasteiger partial charge on any atom is 0.127 e. The van der Waals surface area contributed by atoms with Crippen LogP contribution in [0, 0.1) is 5.92 Å². The molecule has 0 aliphatic carbocycles. The molecule has 2 rings (SSSR count). The summed E-state index contributed by atoms with van der Waals surface area (Å²) in [5.74, 6) is 1.34. The maximum absolute atomic E-state index is 6.14. The van der Waals surface area contributed by atoms with Crippen molar-refractivity contribution >= 4 is 11.6 Å². The average molecular weight is 226 g/mol. The van der Waals surface area contributed by atoms with E-state index in [0.29, 0.717) is 5.92 Å². The number of fused-ring (bicyclic) bond motifs is 1. The van der Waals surface area contributed by atoms with E-state index < -0.39 is 0 Å². The topological polar surface area (TPSA) is 35.2 Å². The fourth-order valence-corrected chi connectivity index (χ4v) is 2.15. The Balaban J connectivity index is 2.47. The number of hydrogen-bond donors (Lipinski definition) is 1. The van der Waals surface area contributed by atoms with Crippen molar-refractivity contribution in [1.29, 1.82) is 0 Å². The Morgan fingerprint density at radius 2 is 2.13 bits per heavy atom. The molecule has 82 valence electrons. The zero-order valence-corrected chi connectivity index (χ0v) is 9.84. The summed E-state index contributed by atoms with van der Waals surface area (Å²) in [6, 6.07) is 3.90. The van der Waals surface area contributed by atoms with Gasteiger partial charge in [0.05, 0.1) is 6.61 Å². The van der Waals surface area contributed by atoms with Gasteiger partial charge in [-0.25, -0.2) is 0 Å². The third-order valence-corrected chi connectivity index (χ3v) is 3.07. The van der Waals surface area contributed by atoms with Crippen molar-refractivity contribution in [2.75, 3.05) is 6.61 Å². The van der Waals surface area contributed by atoms with Crippen molar-refractivity contribution < 1.29 is 4.74 Å². The van der Waals surface area contributed by atoms with E-state index in [1.807, 2.05) is 12.1 Å². The molecular weight excluding hydrogens is 210 g/mol. The number of benzene rings is 1. The smallest absolute Gasteiger partial charge is 0.127 e. The molecule has 15 heavy (non-hydrogen) atoms. The second kappa shape index (κ2) is 4.03. The Bertz CT molecular complexity index is 376. The van der Waals surface area contributed by atoms with Crippen LogP contribution in [0.2, 0.25) is 5.02 Å². The van der Waals surface area contributed by atoms with Crippen LogP contribution >= 0.6 is 11.6 Å². The Hall–Kier alpha value is -0.730. The summed E-state index contributed by atoms with van der Waals surface area (Å²) in [4.78, 5) is 0. The first-order valence-corrected chi connectivity index (χ1v) is 5.68. The summed E-state index contributed by atoms with van der Waals surface area (Å²) in [7, 11) is 0. The maximum atomic E-state index is 6.14. The Kier molecular flexibility index (Phi) is 2.89. The molecule has 0 radical (unpaired) electrons. The van der Waals surface area contributed by atoms with Crippen LogP contribution < -0.4 is 10.5 Å². The molecule has 2 nitrogen and oxygen atoms in total. The van der Waals surface area contributed by atoms with E-state index in [1.54, 1.807) is 0 Å². The van der Waals surface area contributed by atoms with Gasteiger partial charge in [0, 0.05) is 23.0 Å². The first kappa shape index (κ1) is 10.8. The van der Waals surface area contributed by atoms with Crippen LogP contribution in [0.5, 0.6) is 5.75 Å². The van der Waals surface area contributed by atoms with E-state index in [-0.39, 0.29) is 6.04 Å². The summed E-state index contributed by atoms with van der Waals surface area (Å²) in [5.41, 5.74) is 8.38. The zero-order chi connectivity index (χ0) is 11.0. The minimum Gasteiger partial charge on any atom is -0.493 e. The van der Waals surface area contributed by atoms with Gasteiger partial charge >= 0.3 is 0 Å². The standard InChI is InChI=1S/C12H16ClNO/c1-7(2)11(14)10-6-9(13)5-8-3-4-15-12(8)10/h5-7,11H,3-4,14H2,1-2H3. The second-order valence-corrected chi connectivity index (χ2v) is 4.79. The highest BCUT2D eigenvalue weighted by Gasteiger charge is 2.22. The molecule has 1 aliphatic rings. The van der Waals surface area contributed by atoms with Crippen LogP contribution in [0.25, 0.3) is 0 Å². The molecule has 1 unspecified atom stereocenters. The Labute approximate surface area is 95.4 Å². The summed E-state index contributed by atoms with van der Waals surface area (Å²) < 4.78 is 5.62. The van der Waals surface area contributed by atoms with E-state index in [4.69, 9.17) is 22.1 Å². The SMILES string of the molecule is CC(C)C(N)c1cc(Cl)cc2c1OCC2. The predicted molar refractivity (Wildman–Crippen MR) is 62.4 cm³/mol. The lowest BCUT2D eigenvalue weighted by Crippen LogP contribution is -2.17. The van der Waals surface area contributed by atoms with Gasteiger partial charge in [-0.1, -0.05) is 25.4 Å². The van der Waals surface area contributed by atoms with E-state index in [0.717, 1.165) is 29.4 Å². The van der Waals surface area contributed by atoms with Gasteiger partial charge < -0.3 is 10.5 Å². The van der Waals surface area contributed by atoms with Gasteiger partial charge in [0.2, 0.25) is 0 Å². The van der Waals surface area contributed by atoms with Crippen LogP contribution in [0.1, 0.15) is 31.0 Å². The third kappa shape index (κ3) is 1.97. The molecule has 1 heterocycles. The lowest BCUT2D eigenvalue weighted by Gasteiger charge is -2.19. The monoisotopic (exact) mass is 225 g/mol. The normalized spacial score (nSPS) is 16.3. The van der Waals surface area contributed by atoms with Crippen molar-refractivity contribution in [1.82, 2.24) is 0 Å². The minimum absolute atomic E-state index is 0.00412. The lowest BCUT2D eigenvalue weighted by molar-refractivity contribution is 0.347. The molecular formula is C12H16ClNO. The van der Waals surface area contributed by atoms with Gasteiger partial charge in [0.25, 0.3) is 0 Å². The lowest BCUT2D eigenvalue weighted by atomic mass is 9.94. The van der Waals surface area contributed by atoms with Crippen LogP contribution in [0.3, 0.4) is 0 Å². The molecule has 1 aromatic rings. The molecule has 3 heteroatoms. The number of nitrogens with two attached hydrogens (primary N) is 1. The molecule has 1 aromatic carbocycles. The summed E-state index contributed by atoms with van der Waals surface area (Å²) in [6.07, 6.45) is 0.938. The zero-order valence-electron chi connectivity index (χ0n) is 9.09. The van der Waals surface area contributed by atoms with Gasteiger partial charge in [-0.05, 0) is 23.6 Å².